The Morgan fingerprint density at radius 3 is 2.13 bits per heavy atom. The van der Waals surface area contributed by atoms with Crippen molar-refractivity contribution in [2.24, 2.45) is 7.05 Å². The number of nitrogens with zero attached hydrogens (tertiary/aromatic N) is 6. The van der Waals surface area contributed by atoms with Crippen LogP contribution in [-0.4, -0.2) is 62.5 Å². The number of carbonyl (C=O) groups is 1. The first-order valence-electron chi connectivity index (χ1n) is 16.0. The lowest BCUT2D eigenvalue weighted by Gasteiger charge is -2.37. The Hall–Kier alpha value is -5.12. The van der Waals surface area contributed by atoms with Crippen LogP contribution in [0, 0.1) is 0 Å². The number of aryl methyl sites for hydroxylation is 1. The van der Waals surface area contributed by atoms with Crippen LogP contribution in [-0.2, 0) is 25.0 Å². The Kier molecular flexibility index (Phi) is 9.29. The summed E-state index contributed by atoms with van der Waals surface area (Å²) in [7, 11) is 3.73. The average Bonchev–Trinajstić information content (AvgIpc) is 3.41. The third-order valence-corrected chi connectivity index (χ3v) is 8.23. The predicted octanol–water partition coefficient (Wildman–Crippen LogP) is 7.02. The molecule has 3 aromatic heterocycles. The molecule has 10 nitrogen and oxygen atoms in total. The summed E-state index contributed by atoms with van der Waals surface area (Å²) in [5, 5.41) is 5.79. The Bertz CT molecular complexity index is 1810. The summed E-state index contributed by atoms with van der Waals surface area (Å²) in [6.45, 7) is 7.99. The molecule has 244 valence electrons. The molecule has 0 radical (unpaired) electrons. The highest BCUT2D eigenvalue weighted by Crippen LogP contribution is 2.36. The summed E-state index contributed by atoms with van der Waals surface area (Å²) >= 11 is 0. The Morgan fingerprint density at radius 2 is 1.49 bits per heavy atom. The number of pyridine rings is 2. The van der Waals surface area contributed by atoms with E-state index in [1.807, 2.05) is 114 Å². The molecule has 0 bridgehead atoms. The van der Waals surface area contributed by atoms with E-state index in [1.165, 1.54) is 0 Å². The first-order chi connectivity index (χ1) is 22.6. The van der Waals surface area contributed by atoms with E-state index in [0.29, 0.717) is 25.0 Å². The SMILES string of the molecule is CN(C(=O)OC(C)(C)C)C1CCN(c2ccc3c(-c4ccc(OCc5ccccc5)nc4OCc4ccccc4)nn(C)c3n2)CC1. The molecule has 0 saturated carbocycles. The van der Waals surface area contributed by atoms with Crippen molar-refractivity contribution in [2.75, 3.05) is 25.0 Å². The van der Waals surface area contributed by atoms with E-state index in [2.05, 4.69) is 11.0 Å². The third kappa shape index (κ3) is 7.65. The van der Waals surface area contributed by atoms with Crippen LogP contribution in [0.25, 0.3) is 22.3 Å². The number of piperidine rings is 1. The molecule has 5 aromatic rings. The number of amides is 1. The fraction of sp³-hybridized carbons (Fsp3) is 0.351. The van der Waals surface area contributed by atoms with Gasteiger partial charge in [0.15, 0.2) is 5.65 Å². The van der Waals surface area contributed by atoms with Gasteiger partial charge < -0.3 is 24.0 Å². The molecule has 1 fully saturated rings. The van der Waals surface area contributed by atoms with Crippen LogP contribution < -0.4 is 14.4 Å². The summed E-state index contributed by atoms with van der Waals surface area (Å²) in [6, 6.07) is 28.1. The van der Waals surface area contributed by atoms with E-state index in [4.69, 9.17) is 29.3 Å². The van der Waals surface area contributed by atoms with E-state index in [0.717, 1.165) is 65.2 Å². The van der Waals surface area contributed by atoms with Crippen LogP contribution in [0.15, 0.2) is 84.9 Å². The topological polar surface area (TPSA) is 94.8 Å². The number of ether oxygens (including phenoxy) is 3. The van der Waals surface area contributed by atoms with Gasteiger partial charge in [-0.1, -0.05) is 60.7 Å². The monoisotopic (exact) mass is 634 g/mol. The second-order valence-electron chi connectivity index (χ2n) is 12.9. The molecule has 0 spiro atoms. The predicted molar refractivity (Wildman–Crippen MR) is 183 cm³/mol. The first kappa shape index (κ1) is 31.8. The van der Waals surface area contributed by atoms with Gasteiger partial charge >= 0.3 is 6.09 Å². The van der Waals surface area contributed by atoms with Crippen molar-refractivity contribution < 1.29 is 19.0 Å². The number of benzene rings is 2. The lowest BCUT2D eigenvalue weighted by atomic mass is 10.0. The average molecular weight is 635 g/mol. The van der Waals surface area contributed by atoms with E-state index in [-0.39, 0.29) is 12.1 Å². The van der Waals surface area contributed by atoms with Gasteiger partial charge in [-0.3, -0.25) is 0 Å². The maximum atomic E-state index is 12.6. The second kappa shape index (κ2) is 13.7. The Morgan fingerprint density at radius 1 is 0.851 bits per heavy atom. The van der Waals surface area contributed by atoms with Gasteiger partial charge in [0.2, 0.25) is 11.8 Å². The fourth-order valence-corrected chi connectivity index (χ4v) is 5.71. The molecule has 47 heavy (non-hydrogen) atoms. The van der Waals surface area contributed by atoms with Crippen LogP contribution in [0.2, 0.25) is 0 Å². The van der Waals surface area contributed by atoms with Crippen LogP contribution in [0.3, 0.4) is 0 Å². The number of anilines is 1. The molecular weight excluding hydrogens is 592 g/mol. The summed E-state index contributed by atoms with van der Waals surface area (Å²) in [6.07, 6.45) is 1.38. The fourth-order valence-electron chi connectivity index (χ4n) is 5.71. The quantitative estimate of drug-likeness (QED) is 0.171. The van der Waals surface area contributed by atoms with Crippen molar-refractivity contribution in [3.63, 3.8) is 0 Å². The number of rotatable bonds is 9. The molecular formula is C37H42N6O4. The van der Waals surface area contributed by atoms with Crippen molar-refractivity contribution in [3.8, 4) is 23.0 Å². The summed E-state index contributed by atoms with van der Waals surface area (Å²) in [5.74, 6) is 1.80. The number of fused-ring (bicyclic) bond motifs is 1. The molecule has 1 amide bonds. The Labute approximate surface area is 275 Å². The van der Waals surface area contributed by atoms with Crippen molar-refractivity contribution >= 4 is 22.9 Å². The zero-order valence-electron chi connectivity index (χ0n) is 27.7. The zero-order chi connectivity index (χ0) is 33.0. The van der Waals surface area contributed by atoms with Gasteiger partial charge in [0.05, 0.1) is 5.56 Å². The minimum Gasteiger partial charge on any atom is -0.473 e. The molecule has 2 aromatic carbocycles. The van der Waals surface area contributed by atoms with Crippen LogP contribution in [0.5, 0.6) is 11.8 Å². The van der Waals surface area contributed by atoms with Gasteiger partial charge in [-0.15, -0.1) is 0 Å². The highest BCUT2D eigenvalue weighted by molar-refractivity contribution is 5.93. The second-order valence-corrected chi connectivity index (χ2v) is 12.9. The molecule has 0 aliphatic carbocycles. The summed E-state index contributed by atoms with van der Waals surface area (Å²) in [4.78, 5) is 26.4. The molecule has 0 atom stereocenters. The molecule has 10 heteroatoms. The van der Waals surface area contributed by atoms with Gasteiger partial charge in [-0.2, -0.15) is 10.1 Å². The minimum atomic E-state index is -0.517. The van der Waals surface area contributed by atoms with Crippen molar-refractivity contribution in [2.45, 2.75) is 58.5 Å². The largest absolute Gasteiger partial charge is 0.473 e. The van der Waals surface area contributed by atoms with E-state index >= 15 is 0 Å². The highest BCUT2D eigenvalue weighted by Gasteiger charge is 2.29. The van der Waals surface area contributed by atoms with E-state index < -0.39 is 5.60 Å². The number of hydrogen-bond donors (Lipinski definition) is 0. The number of carbonyl (C=O) groups excluding carboxylic acids is 1. The minimum absolute atomic E-state index is 0.120. The lowest BCUT2D eigenvalue weighted by molar-refractivity contribution is 0.0201. The van der Waals surface area contributed by atoms with Gasteiger partial charge in [0.1, 0.15) is 30.3 Å². The molecule has 0 unspecified atom stereocenters. The molecule has 1 aliphatic heterocycles. The smallest absolute Gasteiger partial charge is 0.410 e. The Balaban J connectivity index is 1.22. The third-order valence-electron chi connectivity index (χ3n) is 8.23. The first-order valence-corrected chi connectivity index (χ1v) is 16.0. The zero-order valence-corrected chi connectivity index (χ0v) is 27.7. The van der Waals surface area contributed by atoms with E-state index in [9.17, 15) is 4.79 Å². The van der Waals surface area contributed by atoms with Gasteiger partial charge in [0, 0.05) is 44.7 Å². The molecule has 1 saturated heterocycles. The molecule has 1 aliphatic rings. The molecule has 0 N–H and O–H groups in total. The van der Waals surface area contributed by atoms with Crippen LogP contribution in [0.1, 0.15) is 44.7 Å². The lowest BCUT2D eigenvalue weighted by Crippen LogP contribution is -2.47. The van der Waals surface area contributed by atoms with Gasteiger partial charge in [0.25, 0.3) is 0 Å². The number of hydrogen-bond acceptors (Lipinski definition) is 8. The van der Waals surface area contributed by atoms with Gasteiger partial charge in [-0.25, -0.2) is 14.5 Å². The standard InChI is InChI=1S/C37H42N6O4/c1-37(2,3)47-36(44)41(4)28-20-22-43(23-21-28)31-18-16-29-33(40-42(5)34(29)38-31)30-17-19-32(45-24-26-12-8-6-9-13-26)39-35(30)46-25-27-14-10-7-11-15-27/h6-19,28H,20-25H2,1-5H3. The summed E-state index contributed by atoms with van der Waals surface area (Å²) in [5.41, 5.74) is 3.85. The maximum absolute atomic E-state index is 12.6. The highest BCUT2D eigenvalue weighted by atomic mass is 16.6. The molecule has 4 heterocycles. The summed E-state index contributed by atoms with van der Waals surface area (Å²) < 4.78 is 19.7. The van der Waals surface area contributed by atoms with Crippen LogP contribution in [0.4, 0.5) is 10.6 Å². The van der Waals surface area contributed by atoms with Crippen molar-refractivity contribution in [3.05, 3.63) is 96.1 Å². The normalized spacial score (nSPS) is 13.9. The van der Waals surface area contributed by atoms with Crippen molar-refractivity contribution in [1.82, 2.24) is 24.6 Å². The van der Waals surface area contributed by atoms with Crippen LogP contribution >= 0.6 is 0 Å². The maximum Gasteiger partial charge on any atom is 0.410 e. The molecule has 6 rings (SSSR count). The number of aromatic nitrogens is 4. The van der Waals surface area contributed by atoms with Gasteiger partial charge in [-0.05, 0) is 62.9 Å². The van der Waals surface area contributed by atoms with Crippen molar-refractivity contribution in [1.29, 1.82) is 0 Å². The van der Waals surface area contributed by atoms with E-state index in [1.54, 1.807) is 9.58 Å².